The number of amides is 2. The summed E-state index contributed by atoms with van der Waals surface area (Å²) in [6.07, 6.45) is 3.34. The van der Waals surface area contributed by atoms with E-state index in [0.717, 1.165) is 19.3 Å². The Kier molecular flexibility index (Phi) is 8.30. The normalized spacial score (nSPS) is 18.2. The lowest BCUT2D eigenvalue weighted by Gasteiger charge is -2.30. The SMILES string of the molecule is CNC(=O)O[C@@H]1CCC[C@H](Nc2cc(-c3ccc4cc(C#N)cnn34)ncc2C(=O)NC[C@@H](F)C(C)(C)O)C1. The number of halogens is 1. The Bertz CT molecular complexity index is 1400. The lowest BCUT2D eigenvalue weighted by atomic mass is 9.92. The van der Waals surface area contributed by atoms with Gasteiger partial charge in [0.05, 0.1) is 52.1 Å². The predicted molar refractivity (Wildman–Crippen MR) is 142 cm³/mol. The van der Waals surface area contributed by atoms with E-state index in [4.69, 9.17) is 4.74 Å². The van der Waals surface area contributed by atoms with Crippen molar-refractivity contribution in [3.63, 3.8) is 0 Å². The molecule has 0 radical (unpaired) electrons. The Hall–Kier alpha value is -4.24. The van der Waals surface area contributed by atoms with E-state index in [2.05, 4.69) is 32.1 Å². The van der Waals surface area contributed by atoms with Crippen LogP contribution in [0.5, 0.6) is 0 Å². The first kappa shape index (κ1) is 27.8. The predicted octanol–water partition coefficient (Wildman–Crippen LogP) is 3.19. The molecule has 0 aromatic carbocycles. The molecule has 1 saturated carbocycles. The zero-order chi connectivity index (χ0) is 28.2. The number of carbonyl (C=O) groups excluding carboxylic acids is 2. The van der Waals surface area contributed by atoms with Crippen molar-refractivity contribution >= 4 is 23.2 Å². The smallest absolute Gasteiger partial charge is 0.407 e. The van der Waals surface area contributed by atoms with Crippen LogP contribution in [0.15, 0.2) is 36.7 Å². The third-order valence-electron chi connectivity index (χ3n) is 6.71. The molecule has 3 aromatic heterocycles. The maximum Gasteiger partial charge on any atom is 0.407 e. The maximum atomic E-state index is 14.3. The van der Waals surface area contributed by atoms with Crippen LogP contribution >= 0.6 is 0 Å². The van der Waals surface area contributed by atoms with Crippen molar-refractivity contribution in [3.8, 4) is 17.5 Å². The number of alkyl halides is 1. The van der Waals surface area contributed by atoms with Crippen molar-refractivity contribution in [1.82, 2.24) is 25.2 Å². The van der Waals surface area contributed by atoms with Crippen LogP contribution in [0.3, 0.4) is 0 Å². The molecule has 206 valence electrons. The highest BCUT2D eigenvalue weighted by Gasteiger charge is 2.29. The molecule has 4 rings (SSSR count). The van der Waals surface area contributed by atoms with E-state index < -0.39 is 23.8 Å². The molecule has 1 aliphatic carbocycles. The highest BCUT2D eigenvalue weighted by Crippen LogP contribution is 2.29. The van der Waals surface area contributed by atoms with Crippen molar-refractivity contribution in [2.24, 2.45) is 0 Å². The Labute approximate surface area is 225 Å². The highest BCUT2D eigenvalue weighted by atomic mass is 19.1. The molecular weight excluding hydrogens is 505 g/mol. The van der Waals surface area contributed by atoms with Crippen molar-refractivity contribution in [2.75, 3.05) is 18.9 Å². The van der Waals surface area contributed by atoms with Crippen molar-refractivity contribution in [2.45, 2.75) is 63.4 Å². The van der Waals surface area contributed by atoms with Gasteiger partial charge in [0, 0.05) is 25.7 Å². The zero-order valence-electron chi connectivity index (χ0n) is 22.1. The van der Waals surface area contributed by atoms with Crippen LogP contribution in [0.4, 0.5) is 14.9 Å². The van der Waals surface area contributed by atoms with Crippen molar-refractivity contribution in [1.29, 1.82) is 5.26 Å². The first-order valence-electron chi connectivity index (χ1n) is 12.8. The van der Waals surface area contributed by atoms with E-state index in [1.54, 1.807) is 16.6 Å². The average molecular weight is 538 g/mol. The number of hydrogen-bond donors (Lipinski definition) is 4. The van der Waals surface area contributed by atoms with Gasteiger partial charge in [0.25, 0.3) is 5.91 Å². The summed E-state index contributed by atoms with van der Waals surface area (Å²) in [5, 5.41) is 31.8. The van der Waals surface area contributed by atoms with Gasteiger partial charge in [0.1, 0.15) is 18.3 Å². The minimum absolute atomic E-state index is 0.0964. The fourth-order valence-electron chi connectivity index (χ4n) is 4.49. The number of hydrogen-bond acceptors (Lipinski definition) is 8. The Morgan fingerprint density at radius 3 is 2.82 bits per heavy atom. The first-order valence-corrected chi connectivity index (χ1v) is 12.8. The fourth-order valence-corrected chi connectivity index (χ4v) is 4.49. The molecule has 0 aliphatic heterocycles. The van der Waals surface area contributed by atoms with E-state index in [9.17, 15) is 24.3 Å². The molecule has 1 fully saturated rings. The van der Waals surface area contributed by atoms with Gasteiger partial charge in [-0.2, -0.15) is 10.4 Å². The van der Waals surface area contributed by atoms with Crippen LogP contribution in [0.25, 0.3) is 16.9 Å². The topological polar surface area (TPSA) is 154 Å². The first-order chi connectivity index (χ1) is 18.6. The number of nitrogens with zero attached hydrogens (tertiary/aromatic N) is 4. The molecule has 1 aliphatic rings. The summed E-state index contributed by atoms with van der Waals surface area (Å²) in [6.45, 7) is 2.30. The molecule has 39 heavy (non-hydrogen) atoms. The van der Waals surface area contributed by atoms with Gasteiger partial charge in [-0.05, 0) is 57.4 Å². The van der Waals surface area contributed by atoms with Gasteiger partial charge < -0.3 is 25.8 Å². The van der Waals surface area contributed by atoms with Crippen LogP contribution in [0.1, 0.15) is 55.5 Å². The van der Waals surface area contributed by atoms with E-state index in [0.29, 0.717) is 34.6 Å². The van der Waals surface area contributed by atoms with Gasteiger partial charge in [-0.1, -0.05) is 0 Å². The molecule has 11 nitrogen and oxygen atoms in total. The fraction of sp³-hybridized carbons (Fsp3) is 0.444. The summed E-state index contributed by atoms with van der Waals surface area (Å²) >= 11 is 0. The van der Waals surface area contributed by atoms with E-state index in [1.807, 2.05) is 12.1 Å². The third kappa shape index (κ3) is 6.61. The minimum atomic E-state index is -1.66. The number of nitriles is 1. The molecule has 3 atom stereocenters. The van der Waals surface area contributed by atoms with Gasteiger partial charge in [-0.15, -0.1) is 0 Å². The number of fused-ring (bicyclic) bond motifs is 1. The second-order valence-electron chi connectivity index (χ2n) is 10.1. The molecule has 2 amide bonds. The number of anilines is 1. The molecule has 3 aromatic rings. The van der Waals surface area contributed by atoms with Crippen LogP contribution in [-0.4, -0.2) is 69.2 Å². The summed E-state index contributed by atoms with van der Waals surface area (Å²) in [4.78, 5) is 29.3. The van der Waals surface area contributed by atoms with Crippen molar-refractivity contribution < 1.29 is 23.8 Å². The van der Waals surface area contributed by atoms with Gasteiger partial charge in [0.2, 0.25) is 0 Å². The van der Waals surface area contributed by atoms with E-state index in [1.165, 1.54) is 33.3 Å². The van der Waals surface area contributed by atoms with Gasteiger partial charge in [-0.25, -0.2) is 13.7 Å². The van der Waals surface area contributed by atoms with Crippen LogP contribution < -0.4 is 16.0 Å². The molecule has 3 heterocycles. The number of rotatable bonds is 8. The Morgan fingerprint density at radius 2 is 2.10 bits per heavy atom. The highest BCUT2D eigenvalue weighted by molar-refractivity contribution is 6.00. The second kappa shape index (κ2) is 11.7. The monoisotopic (exact) mass is 537 g/mol. The second-order valence-corrected chi connectivity index (χ2v) is 10.1. The van der Waals surface area contributed by atoms with Crippen LogP contribution in [0.2, 0.25) is 0 Å². The molecule has 0 unspecified atom stereocenters. The van der Waals surface area contributed by atoms with Gasteiger partial charge >= 0.3 is 6.09 Å². The molecule has 0 saturated heterocycles. The van der Waals surface area contributed by atoms with Crippen LogP contribution in [-0.2, 0) is 4.74 Å². The van der Waals surface area contributed by atoms with E-state index in [-0.39, 0.29) is 24.3 Å². The number of aliphatic hydroxyl groups is 1. The summed E-state index contributed by atoms with van der Waals surface area (Å²) in [5.41, 5.74) is 1.40. The molecule has 0 spiro atoms. The summed E-state index contributed by atoms with van der Waals surface area (Å²) < 4.78 is 21.4. The lowest BCUT2D eigenvalue weighted by molar-refractivity contribution is -0.00177. The summed E-state index contributed by atoms with van der Waals surface area (Å²) in [6, 6.07) is 9.04. The number of carbonyl (C=O) groups is 2. The third-order valence-corrected chi connectivity index (χ3v) is 6.71. The van der Waals surface area contributed by atoms with Crippen LogP contribution in [0, 0.1) is 11.3 Å². The van der Waals surface area contributed by atoms with Gasteiger partial charge in [0.15, 0.2) is 0 Å². The van der Waals surface area contributed by atoms with Gasteiger partial charge in [-0.3, -0.25) is 9.78 Å². The molecule has 0 bridgehead atoms. The minimum Gasteiger partial charge on any atom is -0.446 e. The van der Waals surface area contributed by atoms with E-state index >= 15 is 0 Å². The summed E-state index contributed by atoms with van der Waals surface area (Å²) in [7, 11) is 1.51. The molecule has 12 heteroatoms. The Balaban J connectivity index is 1.64. The Morgan fingerprint density at radius 1 is 1.31 bits per heavy atom. The standard InChI is InChI=1S/C27H32FN7O4/c1-27(2,38)24(28)15-32-25(36)20-14-31-22(23-8-7-18-9-16(12-29)13-33-35(18)23)11-21(20)34-17-5-4-6-19(10-17)39-26(37)30-3/h7-9,11,13-14,17,19,24,38H,4-6,10,15H2,1-3H3,(H,30,37)(H,31,34)(H,32,36)/t17-,19+,24+/m0/s1. The lowest BCUT2D eigenvalue weighted by Crippen LogP contribution is -2.42. The average Bonchev–Trinajstić information content (AvgIpc) is 3.34. The quantitative estimate of drug-likeness (QED) is 0.342. The molecule has 4 N–H and O–H groups in total. The number of ether oxygens (including phenoxy) is 1. The number of pyridine rings is 1. The number of aromatic nitrogens is 3. The molecular formula is C27H32FN7O4. The largest absolute Gasteiger partial charge is 0.446 e. The number of alkyl carbamates (subject to hydrolysis) is 1. The summed E-state index contributed by atoms with van der Waals surface area (Å²) in [5.74, 6) is -0.547. The zero-order valence-corrected chi connectivity index (χ0v) is 22.1. The maximum absolute atomic E-state index is 14.3. The number of nitrogens with one attached hydrogen (secondary N) is 3. The van der Waals surface area contributed by atoms with Crippen molar-refractivity contribution in [3.05, 3.63) is 47.8 Å².